The molecule has 1 amide bonds. The van der Waals surface area contributed by atoms with E-state index in [4.69, 9.17) is 9.26 Å². The Morgan fingerprint density at radius 1 is 1.31 bits per heavy atom. The van der Waals surface area contributed by atoms with E-state index in [-0.39, 0.29) is 11.3 Å². The van der Waals surface area contributed by atoms with E-state index >= 15 is 0 Å². The molecule has 2 aliphatic rings. The van der Waals surface area contributed by atoms with Crippen LogP contribution in [0.1, 0.15) is 51.2 Å². The molecule has 3 heterocycles. The second kappa shape index (κ2) is 8.48. The normalized spacial score (nSPS) is 24.8. The van der Waals surface area contributed by atoms with E-state index in [0.29, 0.717) is 25.5 Å². The minimum absolute atomic E-state index is 0.199. The summed E-state index contributed by atoms with van der Waals surface area (Å²) in [5.41, 5.74) is 0.199. The number of hydrogen-bond donors (Lipinski definition) is 0. The van der Waals surface area contributed by atoms with Gasteiger partial charge in [0.25, 0.3) is 0 Å². The Kier molecular flexibility index (Phi) is 6.29. The lowest BCUT2D eigenvalue weighted by Gasteiger charge is -2.48. The van der Waals surface area contributed by atoms with Gasteiger partial charge in [0, 0.05) is 45.0 Å². The first-order valence-electron chi connectivity index (χ1n) is 9.80. The van der Waals surface area contributed by atoms with Crippen molar-refractivity contribution in [2.75, 3.05) is 39.9 Å². The Bertz CT molecular complexity index is 603. The van der Waals surface area contributed by atoms with Crippen molar-refractivity contribution < 1.29 is 14.1 Å². The molecule has 0 unspecified atom stereocenters. The fourth-order valence-electron chi connectivity index (χ4n) is 4.27. The molecule has 2 saturated heterocycles. The van der Waals surface area contributed by atoms with Crippen molar-refractivity contribution in [3.63, 3.8) is 0 Å². The molecule has 0 aliphatic carbocycles. The highest BCUT2D eigenvalue weighted by Gasteiger charge is 2.41. The predicted octanol–water partition coefficient (Wildman–Crippen LogP) is 2.12. The maximum Gasteiger partial charge on any atom is 0.226 e. The molecule has 1 spiro atoms. The molecule has 1 atom stereocenters. The van der Waals surface area contributed by atoms with E-state index in [1.54, 1.807) is 7.11 Å². The van der Waals surface area contributed by atoms with Gasteiger partial charge in [0.1, 0.15) is 0 Å². The maximum absolute atomic E-state index is 12.2. The van der Waals surface area contributed by atoms with Gasteiger partial charge in [-0.1, -0.05) is 19.0 Å². The Balaban J connectivity index is 1.59. The Hall–Kier alpha value is -1.47. The molecule has 146 valence electrons. The van der Waals surface area contributed by atoms with Crippen LogP contribution in [-0.2, 0) is 22.5 Å². The zero-order valence-electron chi connectivity index (χ0n) is 16.4. The van der Waals surface area contributed by atoms with Gasteiger partial charge in [-0.15, -0.1) is 0 Å². The van der Waals surface area contributed by atoms with Crippen LogP contribution in [0.15, 0.2) is 4.52 Å². The third kappa shape index (κ3) is 4.82. The molecular formula is C19H32N4O3. The summed E-state index contributed by atoms with van der Waals surface area (Å²) in [5, 5.41) is 4.16. The van der Waals surface area contributed by atoms with Crippen LogP contribution >= 0.6 is 0 Å². The first kappa shape index (κ1) is 19.3. The number of aromatic nitrogens is 2. The van der Waals surface area contributed by atoms with Gasteiger partial charge in [0.15, 0.2) is 5.82 Å². The molecule has 1 aromatic rings. The van der Waals surface area contributed by atoms with Crippen molar-refractivity contribution in [1.82, 2.24) is 19.9 Å². The molecule has 2 fully saturated rings. The number of methoxy groups -OCH3 is 1. The number of hydrogen-bond acceptors (Lipinski definition) is 6. The van der Waals surface area contributed by atoms with Crippen molar-refractivity contribution in [3.05, 3.63) is 11.7 Å². The van der Waals surface area contributed by atoms with E-state index in [0.717, 1.165) is 57.2 Å². The molecule has 0 saturated carbocycles. The van der Waals surface area contributed by atoms with Crippen molar-refractivity contribution in [2.24, 2.45) is 11.3 Å². The molecule has 7 heteroatoms. The first-order chi connectivity index (χ1) is 12.5. The number of ether oxygens (including phenoxy) is 1. The standard InChI is InChI=1S/C19H32N4O3/c1-15(2)11-17-20-16(21-26-17)12-22-8-4-6-19(13-22)7-5-18(24)23(14-19)9-10-25-3/h15H,4-14H2,1-3H3/t19-/m0/s1. The third-order valence-electron chi connectivity index (χ3n) is 5.51. The van der Waals surface area contributed by atoms with Gasteiger partial charge in [0.05, 0.1) is 13.2 Å². The van der Waals surface area contributed by atoms with Crippen molar-refractivity contribution in [1.29, 1.82) is 0 Å². The minimum Gasteiger partial charge on any atom is -0.383 e. The number of piperidine rings is 2. The SMILES string of the molecule is COCCN1C[C@@]2(CCCN(Cc3noc(CC(C)C)n3)C2)CCC1=O. The van der Waals surface area contributed by atoms with Gasteiger partial charge in [-0.3, -0.25) is 9.69 Å². The molecule has 3 rings (SSSR count). The summed E-state index contributed by atoms with van der Waals surface area (Å²) in [6.07, 6.45) is 4.80. The molecular weight excluding hydrogens is 332 g/mol. The number of amides is 1. The largest absolute Gasteiger partial charge is 0.383 e. The second-order valence-electron chi connectivity index (χ2n) is 8.32. The number of likely N-dealkylation sites (tertiary alicyclic amines) is 2. The lowest BCUT2D eigenvalue weighted by atomic mass is 9.73. The smallest absolute Gasteiger partial charge is 0.226 e. The van der Waals surface area contributed by atoms with Crippen LogP contribution < -0.4 is 0 Å². The first-order valence-corrected chi connectivity index (χ1v) is 9.80. The summed E-state index contributed by atoms with van der Waals surface area (Å²) in [7, 11) is 1.69. The zero-order valence-corrected chi connectivity index (χ0v) is 16.4. The lowest BCUT2D eigenvalue weighted by Crippen LogP contribution is -2.54. The van der Waals surface area contributed by atoms with E-state index in [2.05, 4.69) is 28.9 Å². The third-order valence-corrected chi connectivity index (χ3v) is 5.51. The molecule has 0 radical (unpaired) electrons. The monoisotopic (exact) mass is 364 g/mol. The molecule has 0 aromatic carbocycles. The Labute approximate surface area is 156 Å². The highest BCUT2D eigenvalue weighted by atomic mass is 16.5. The molecule has 0 bridgehead atoms. The van der Waals surface area contributed by atoms with Gasteiger partial charge < -0.3 is 14.2 Å². The zero-order chi connectivity index (χ0) is 18.6. The van der Waals surface area contributed by atoms with Crippen LogP contribution in [-0.4, -0.2) is 65.7 Å². The maximum atomic E-state index is 12.2. The number of rotatable bonds is 7. The molecule has 0 N–H and O–H groups in total. The van der Waals surface area contributed by atoms with Gasteiger partial charge in [0.2, 0.25) is 11.8 Å². The summed E-state index contributed by atoms with van der Waals surface area (Å²) in [6.45, 7) is 9.23. The predicted molar refractivity (Wildman–Crippen MR) is 97.5 cm³/mol. The van der Waals surface area contributed by atoms with Crippen LogP contribution in [0.25, 0.3) is 0 Å². The van der Waals surface area contributed by atoms with Gasteiger partial charge in [-0.25, -0.2) is 0 Å². The van der Waals surface area contributed by atoms with Crippen LogP contribution in [0.4, 0.5) is 0 Å². The van der Waals surface area contributed by atoms with E-state index in [1.807, 2.05) is 4.90 Å². The Morgan fingerprint density at radius 3 is 2.92 bits per heavy atom. The highest BCUT2D eigenvalue weighted by Crippen LogP contribution is 2.39. The van der Waals surface area contributed by atoms with Crippen molar-refractivity contribution in [2.45, 2.75) is 52.5 Å². The van der Waals surface area contributed by atoms with E-state index in [9.17, 15) is 4.79 Å². The summed E-state index contributed by atoms with van der Waals surface area (Å²) < 4.78 is 10.5. The molecule has 7 nitrogen and oxygen atoms in total. The molecule has 1 aromatic heterocycles. The van der Waals surface area contributed by atoms with Gasteiger partial charge >= 0.3 is 0 Å². The average molecular weight is 364 g/mol. The van der Waals surface area contributed by atoms with Crippen LogP contribution in [0.5, 0.6) is 0 Å². The number of nitrogens with zero attached hydrogens (tertiary/aromatic N) is 4. The van der Waals surface area contributed by atoms with Crippen molar-refractivity contribution in [3.8, 4) is 0 Å². The lowest BCUT2D eigenvalue weighted by molar-refractivity contribution is -0.140. The average Bonchev–Trinajstić information content (AvgIpc) is 3.02. The quantitative estimate of drug-likeness (QED) is 0.738. The second-order valence-corrected chi connectivity index (χ2v) is 8.32. The van der Waals surface area contributed by atoms with Gasteiger partial charge in [-0.05, 0) is 31.7 Å². The van der Waals surface area contributed by atoms with Crippen molar-refractivity contribution >= 4 is 5.91 Å². The summed E-state index contributed by atoms with van der Waals surface area (Å²) in [6, 6.07) is 0. The summed E-state index contributed by atoms with van der Waals surface area (Å²) in [5.74, 6) is 2.29. The topological polar surface area (TPSA) is 71.7 Å². The fourth-order valence-corrected chi connectivity index (χ4v) is 4.27. The van der Waals surface area contributed by atoms with Crippen LogP contribution in [0, 0.1) is 11.3 Å². The fraction of sp³-hybridized carbons (Fsp3) is 0.842. The van der Waals surface area contributed by atoms with E-state index < -0.39 is 0 Å². The summed E-state index contributed by atoms with van der Waals surface area (Å²) >= 11 is 0. The molecule has 2 aliphatic heterocycles. The number of carbonyl (C=O) groups is 1. The summed E-state index contributed by atoms with van der Waals surface area (Å²) in [4.78, 5) is 21.2. The minimum atomic E-state index is 0.199. The van der Waals surface area contributed by atoms with Crippen LogP contribution in [0.3, 0.4) is 0 Å². The number of carbonyl (C=O) groups excluding carboxylic acids is 1. The Morgan fingerprint density at radius 2 is 2.15 bits per heavy atom. The highest BCUT2D eigenvalue weighted by molar-refractivity contribution is 5.77. The van der Waals surface area contributed by atoms with Gasteiger partial charge in [-0.2, -0.15) is 4.98 Å². The van der Waals surface area contributed by atoms with Crippen LogP contribution in [0.2, 0.25) is 0 Å². The molecule has 26 heavy (non-hydrogen) atoms. The van der Waals surface area contributed by atoms with E-state index in [1.165, 1.54) is 6.42 Å².